The van der Waals surface area contributed by atoms with Crippen LogP contribution in [0.15, 0.2) is 59.9 Å². The van der Waals surface area contributed by atoms with Crippen molar-refractivity contribution in [1.29, 1.82) is 0 Å². The Labute approximate surface area is 177 Å². The third kappa shape index (κ3) is 5.50. The molecule has 3 rings (SSSR count). The molecule has 0 saturated carbocycles. The van der Waals surface area contributed by atoms with Crippen LogP contribution in [0.5, 0.6) is 0 Å². The molecular formula is C22H21F3N4O2. The molecule has 1 heterocycles. The average Bonchev–Trinajstić information content (AvgIpc) is 3.11. The fourth-order valence-electron chi connectivity index (χ4n) is 2.86. The summed E-state index contributed by atoms with van der Waals surface area (Å²) in [7, 11) is 1.33. The molecule has 9 heteroatoms. The second-order valence-corrected chi connectivity index (χ2v) is 7.07. The largest absolute Gasteiger partial charge is 0.435 e. The van der Waals surface area contributed by atoms with E-state index in [1.807, 2.05) is 38.1 Å². The van der Waals surface area contributed by atoms with Crippen molar-refractivity contribution < 1.29 is 22.8 Å². The van der Waals surface area contributed by atoms with Gasteiger partial charge in [-0.25, -0.2) is 0 Å². The van der Waals surface area contributed by atoms with Crippen molar-refractivity contribution in [2.24, 2.45) is 12.2 Å². The van der Waals surface area contributed by atoms with Gasteiger partial charge in [-0.1, -0.05) is 47.6 Å². The summed E-state index contributed by atoms with van der Waals surface area (Å²) in [6, 6.07) is 14.2. The molecule has 0 bridgehead atoms. The zero-order chi connectivity index (χ0) is 22.6. The number of benzene rings is 2. The number of hydrogen-bond donors (Lipinski definition) is 1. The molecule has 0 aliphatic carbocycles. The molecule has 3 aromatic rings. The molecule has 6 nitrogen and oxygen atoms in total. The SMILES string of the molecule is CC(C)ON=Cc1ccc(-c2ccccc2NC(=O)c2cn(C)nc2C(F)(F)F)cc1. The maximum atomic E-state index is 13.2. The highest BCUT2D eigenvalue weighted by atomic mass is 19.4. The number of halogens is 3. The van der Waals surface area contributed by atoms with Gasteiger partial charge in [-0.15, -0.1) is 0 Å². The summed E-state index contributed by atoms with van der Waals surface area (Å²) in [4.78, 5) is 17.7. The lowest BCUT2D eigenvalue weighted by Crippen LogP contribution is -2.18. The molecule has 1 N–H and O–H groups in total. The summed E-state index contributed by atoms with van der Waals surface area (Å²) in [5.74, 6) is -0.887. The molecule has 0 atom stereocenters. The second kappa shape index (κ2) is 9.03. The molecule has 1 amide bonds. The van der Waals surface area contributed by atoms with E-state index in [-0.39, 0.29) is 6.10 Å². The van der Waals surface area contributed by atoms with Crippen LogP contribution in [0.4, 0.5) is 18.9 Å². The Kier molecular flexibility index (Phi) is 6.43. The predicted octanol–water partition coefficient (Wildman–Crippen LogP) is 5.12. The molecule has 0 saturated heterocycles. The molecule has 0 aliphatic heterocycles. The van der Waals surface area contributed by atoms with E-state index in [2.05, 4.69) is 15.6 Å². The van der Waals surface area contributed by atoms with Crippen LogP contribution < -0.4 is 5.32 Å². The van der Waals surface area contributed by atoms with E-state index in [0.29, 0.717) is 11.3 Å². The normalized spacial score (nSPS) is 11.8. The van der Waals surface area contributed by atoms with E-state index >= 15 is 0 Å². The maximum Gasteiger partial charge on any atom is 0.435 e. The first kappa shape index (κ1) is 22.1. The minimum atomic E-state index is -4.73. The van der Waals surface area contributed by atoms with E-state index < -0.39 is 23.3 Å². The predicted molar refractivity (Wildman–Crippen MR) is 112 cm³/mol. The Hall–Kier alpha value is -3.62. The quantitative estimate of drug-likeness (QED) is 0.436. The van der Waals surface area contributed by atoms with Gasteiger partial charge in [0.25, 0.3) is 5.91 Å². The topological polar surface area (TPSA) is 68.5 Å². The van der Waals surface area contributed by atoms with Gasteiger partial charge >= 0.3 is 6.18 Å². The standard InChI is InChI=1S/C22H21F3N4O2/c1-14(2)31-26-12-15-8-10-16(11-9-15)17-6-4-5-7-19(17)27-21(30)18-13-29(3)28-20(18)22(23,24)25/h4-14H,1-3H3,(H,27,30). The second-order valence-electron chi connectivity index (χ2n) is 7.07. The van der Waals surface area contributed by atoms with Crippen molar-refractivity contribution in [1.82, 2.24) is 9.78 Å². The smallest absolute Gasteiger partial charge is 0.393 e. The molecule has 162 valence electrons. The number of anilines is 1. The molecule has 31 heavy (non-hydrogen) atoms. The van der Waals surface area contributed by atoms with Gasteiger partial charge in [-0.2, -0.15) is 18.3 Å². The summed E-state index contributed by atoms with van der Waals surface area (Å²) >= 11 is 0. The molecular weight excluding hydrogens is 409 g/mol. The van der Waals surface area contributed by atoms with Gasteiger partial charge in [0.15, 0.2) is 5.69 Å². The van der Waals surface area contributed by atoms with Gasteiger partial charge in [0, 0.05) is 24.5 Å². The van der Waals surface area contributed by atoms with Crippen LogP contribution in [-0.4, -0.2) is 28.0 Å². The van der Waals surface area contributed by atoms with Crippen LogP contribution in [0.25, 0.3) is 11.1 Å². The van der Waals surface area contributed by atoms with Crippen LogP contribution in [0.2, 0.25) is 0 Å². The lowest BCUT2D eigenvalue weighted by Gasteiger charge is -2.12. The number of para-hydroxylation sites is 1. The van der Waals surface area contributed by atoms with Crippen molar-refractivity contribution in [2.75, 3.05) is 5.32 Å². The van der Waals surface area contributed by atoms with Gasteiger partial charge in [-0.05, 0) is 31.0 Å². The number of oxime groups is 1. The van der Waals surface area contributed by atoms with Crippen molar-refractivity contribution in [3.8, 4) is 11.1 Å². The zero-order valence-corrected chi connectivity index (χ0v) is 17.1. The van der Waals surface area contributed by atoms with Gasteiger partial charge in [0.1, 0.15) is 6.10 Å². The molecule has 1 aromatic heterocycles. The lowest BCUT2D eigenvalue weighted by atomic mass is 10.0. The van der Waals surface area contributed by atoms with E-state index in [9.17, 15) is 18.0 Å². The van der Waals surface area contributed by atoms with Gasteiger partial charge < -0.3 is 10.2 Å². The molecule has 0 fully saturated rings. The molecule has 0 spiro atoms. The number of rotatable bonds is 6. The average molecular weight is 430 g/mol. The number of amides is 1. The van der Waals surface area contributed by atoms with Crippen LogP contribution in [0.3, 0.4) is 0 Å². The van der Waals surface area contributed by atoms with Crippen molar-refractivity contribution in [3.63, 3.8) is 0 Å². The van der Waals surface area contributed by atoms with E-state index in [1.165, 1.54) is 7.05 Å². The highest BCUT2D eigenvalue weighted by molar-refractivity contribution is 6.07. The summed E-state index contributed by atoms with van der Waals surface area (Å²) in [6.07, 6.45) is -2.12. The summed E-state index contributed by atoms with van der Waals surface area (Å²) in [6.45, 7) is 3.74. The van der Waals surface area contributed by atoms with Gasteiger partial charge in [-0.3, -0.25) is 9.48 Å². The number of alkyl halides is 3. The molecule has 0 unspecified atom stereocenters. The maximum absolute atomic E-state index is 13.2. The van der Waals surface area contributed by atoms with E-state index in [4.69, 9.17) is 4.84 Å². The van der Waals surface area contributed by atoms with Crippen LogP contribution in [-0.2, 0) is 18.1 Å². The van der Waals surface area contributed by atoms with Crippen LogP contribution >= 0.6 is 0 Å². The first-order chi connectivity index (χ1) is 14.6. The fraction of sp³-hybridized carbons (Fsp3) is 0.227. The van der Waals surface area contributed by atoms with Crippen LogP contribution in [0, 0.1) is 0 Å². The summed E-state index contributed by atoms with van der Waals surface area (Å²) in [5.41, 5.74) is 0.874. The van der Waals surface area contributed by atoms with E-state index in [0.717, 1.165) is 22.0 Å². The molecule has 0 aliphatic rings. The first-order valence-electron chi connectivity index (χ1n) is 9.46. The number of aryl methyl sites for hydroxylation is 1. The molecule has 0 radical (unpaired) electrons. The Morgan fingerprint density at radius 2 is 1.84 bits per heavy atom. The van der Waals surface area contributed by atoms with Gasteiger partial charge in [0.05, 0.1) is 11.8 Å². The third-order valence-electron chi connectivity index (χ3n) is 4.21. The summed E-state index contributed by atoms with van der Waals surface area (Å²) in [5, 5.41) is 9.83. The number of nitrogens with one attached hydrogen (secondary N) is 1. The Morgan fingerprint density at radius 1 is 1.16 bits per heavy atom. The third-order valence-corrected chi connectivity index (χ3v) is 4.21. The number of hydrogen-bond acceptors (Lipinski definition) is 4. The first-order valence-corrected chi connectivity index (χ1v) is 9.46. The van der Waals surface area contributed by atoms with E-state index in [1.54, 1.807) is 30.5 Å². The Balaban J connectivity index is 1.85. The number of aromatic nitrogens is 2. The fourth-order valence-corrected chi connectivity index (χ4v) is 2.86. The highest BCUT2D eigenvalue weighted by Gasteiger charge is 2.39. The minimum Gasteiger partial charge on any atom is -0.393 e. The van der Waals surface area contributed by atoms with Gasteiger partial charge in [0.2, 0.25) is 0 Å². The lowest BCUT2D eigenvalue weighted by molar-refractivity contribution is -0.141. The number of carbonyl (C=O) groups is 1. The monoisotopic (exact) mass is 430 g/mol. The van der Waals surface area contributed by atoms with Crippen molar-refractivity contribution in [2.45, 2.75) is 26.1 Å². The minimum absolute atomic E-state index is 0.0244. The van der Waals surface area contributed by atoms with Crippen LogP contribution in [0.1, 0.15) is 35.5 Å². The van der Waals surface area contributed by atoms with Crippen molar-refractivity contribution in [3.05, 3.63) is 71.5 Å². The van der Waals surface area contributed by atoms with Crippen molar-refractivity contribution >= 4 is 17.8 Å². The Bertz CT molecular complexity index is 1090. The zero-order valence-electron chi connectivity index (χ0n) is 17.1. The number of carbonyl (C=O) groups excluding carboxylic acids is 1. The Morgan fingerprint density at radius 3 is 2.48 bits per heavy atom. The summed E-state index contributed by atoms with van der Waals surface area (Å²) < 4.78 is 40.6. The molecule has 2 aromatic carbocycles. The highest BCUT2D eigenvalue weighted by Crippen LogP contribution is 2.32. The number of nitrogens with zero attached hydrogens (tertiary/aromatic N) is 3.